The number of rotatable bonds is 10. The lowest BCUT2D eigenvalue weighted by Gasteiger charge is -2.38. The smallest absolute Gasteiger partial charge is 0.407 e. The number of hydrogen-bond donors (Lipinski definition) is 1. The van der Waals surface area contributed by atoms with E-state index >= 15 is 0 Å². The van der Waals surface area contributed by atoms with E-state index in [4.69, 9.17) is 19.7 Å². The summed E-state index contributed by atoms with van der Waals surface area (Å²) < 4.78 is 14.8. The summed E-state index contributed by atoms with van der Waals surface area (Å²) in [5.74, 6) is -0.433. The van der Waals surface area contributed by atoms with Gasteiger partial charge in [0.15, 0.2) is 5.69 Å². The van der Waals surface area contributed by atoms with E-state index in [0.29, 0.717) is 38.0 Å². The number of alkyl carbamates (subject to hydrolysis) is 1. The van der Waals surface area contributed by atoms with E-state index in [1.165, 1.54) is 0 Å². The summed E-state index contributed by atoms with van der Waals surface area (Å²) in [6.45, 7) is 8.42. The molecule has 9 heteroatoms. The van der Waals surface area contributed by atoms with Crippen molar-refractivity contribution in [2.45, 2.75) is 64.6 Å². The molecule has 242 valence electrons. The van der Waals surface area contributed by atoms with Gasteiger partial charge < -0.3 is 14.8 Å². The number of aryl methyl sites for hydroxylation is 1. The third-order valence-electron chi connectivity index (χ3n) is 8.36. The molecule has 6 rings (SSSR count). The third-order valence-corrected chi connectivity index (χ3v) is 8.36. The van der Waals surface area contributed by atoms with Crippen molar-refractivity contribution in [2.24, 2.45) is 0 Å². The van der Waals surface area contributed by atoms with Gasteiger partial charge in [-0.25, -0.2) is 14.3 Å². The SMILES string of the molecule is CCOC(=O)c1nn(CCCNC(=O)OC(C)(C)C)c2c1CCc1c-2cnn1C(c1ccccc1)(c1ccccc1)c1ccccc1. The van der Waals surface area contributed by atoms with Crippen LogP contribution in [0.2, 0.25) is 0 Å². The van der Waals surface area contributed by atoms with Gasteiger partial charge in [-0.3, -0.25) is 4.68 Å². The van der Waals surface area contributed by atoms with E-state index in [1.807, 2.05) is 49.8 Å². The Morgan fingerprint density at radius 1 is 0.851 bits per heavy atom. The molecule has 1 aliphatic carbocycles. The highest BCUT2D eigenvalue weighted by Crippen LogP contribution is 2.45. The number of esters is 1. The van der Waals surface area contributed by atoms with Crippen LogP contribution < -0.4 is 5.32 Å². The largest absolute Gasteiger partial charge is 0.461 e. The minimum absolute atomic E-state index is 0.261. The number of amides is 1. The standard InChI is InChI=1S/C38H41N5O4/c1-5-46-35(44)33-30-22-23-32-31(34(30)42(41-33)25-15-24-39-36(45)47-37(2,3)4)26-40-43(32)38(27-16-9-6-10-17-27,28-18-11-7-12-19-28)29-20-13-8-14-21-29/h6-14,16-21,26H,5,15,22-25H2,1-4H3,(H,39,45). The lowest BCUT2D eigenvalue weighted by molar-refractivity contribution is 0.0512. The maximum atomic E-state index is 13.1. The highest BCUT2D eigenvalue weighted by atomic mass is 16.6. The summed E-state index contributed by atoms with van der Waals surface area (Å²) in [6, 6.07) is 31.4. The van der Waals surface area contributed by atoms with Gasteiger partial charge in [0.25, 0.3) is 0 Å². The van der Waals surface area contributed by atoms with Crippen molar-refractivity contribution in [3.8, 4) is 11.3 Å². The average molecular weight is 632 g/mol. The molecule has 5 aromatic rings. The molecule has 3 aromatic carbocycles. The van der Waals surface area contributed by atoms with Crippen LogP contribution in [-0.4, -0.2) is 50.4 Å². The Hall–Kier alpha value is -5.18. The first-order valence-electron chi connectivity index (χ1n) is 16.2. The molecule has 0 radical (unpaired) electrons. The number of carbonyl (C=O) groups excluding carboxylic acids is 2. The van der Waals surface area contributed by atoms with Gasteiger partial charge in [0.05, 0.1) is 18.5 Å². The number of fused-ring (bicyclic) bond motifs is 3. The van der Waals surface area contributed by atoms with Gasteiger partial charge in [-0.1, -0.05) is 91.0 Å². The lowest BCUT2D eigenvalue weighted by atomic mass is 9.76. The first kappa shape index (κ1) is 31.8. The fourth-order valence-electron chi connectivity index (χ4n) is 6.55. The van der Waals surface area contributed by atoms with Crippen LogP contribution in [-0.2, 0) is 34.4 Å². The molecule has 0 saturated heterocycles. The summed E-state index contributed by atoms with van der Waals surface area (Å²) in [4.78, 5) is 25.4. The normalized spacial score (nSPS) is 12.6. The second-order valence-electron chi connectivity index (χ2n) is 12.6. The number of benzene rings is 3. The van der Waals surface area contributed by atoms with Crippen molar-refractivity contribution >= 4 is 12.1 Å². The maximum absolute atomic E-state index is 13.1. The summed E-state index contributed by atoms with van der Waals surface area (Å²) >= 11 is 0. The quantitative estimate of drug-likeness (QED) is 0.104. The fraction of sp³-hybridized carbons (Fsp3) is 0.316. The molecule has 47 heavy (non-hydrogen) atoms. The first-order chi connectivity index (χ1) is 22.7. The Morgan fingerprint density at radius 2 is 1.43 bits per heavy atom. The minimum atomic E-state index is -0.763. The lowest BCUT2D eigenvalue weighted by Crippen LogP contribution is -2.40. The van der Waals surface area contributed by atoms with Crippen LogP contribution >= 0.6 is 0 Å². The van der Waals surface area contributed by atoms with E-state index in [2.05, 4.69) is 82.8 Å². The van der Waals surface area contributed by atoms with Crippen LogP contribution in [0.4, 0.5) is 4.79 Å². The maximum Gasteiger partial charge on any atom is 0.407 e. The molecular weight excluding hydrogens is 590 g/mol. The zero-order valence-corrected chi connectivity index (χ0v) is 27.4. The predicted octanol–water partition coefficient (Wildman–Crippen LogP) is 6.78. The molecule has 1 N–H and O–H groups in total. The summed E-state index contributed by atoms with van der Waals surface area (Å²) in [6.07, 6.45) is 3.29. The zero-order valence-electron chi connectivity index (χ0n) is 27.4. The van der Waals surface area contributed by atoms with Gasteiger partial charge >= 0.3 is 12.1 Å². The van der Waals surface area contributed by atoms with Crippen molar-refractivity contribution in [1.82, 2.24) is 24.9 Å². The second kappa shape index (κ2) is 13.3. The molecule has 0 unspecified atom stereocenters. The molecule has 0 fully saturated rings. The van der Waals surface area contributed by atoms with Crippen LogP contribution in [0.15, 0.2) is 97.2 Å². The molecule has 9 nitrogen and oxygen atoms in total. The summed E-state index contributed by atoms with van der Waals surface area (Å²) in [5, 5.41) is 12.8. The Balaban J connectivity index is 1.47. The van der Waals surface area contributed by atoms with Crippen molar-refractivity contribution in [2.75, 3.05) is 13.2 Å². The molecular formula is C38H41N5O4. The predicted molar refractivity (Wildman–Crippen MR) is 180 cm³/mol. The molecule has 1 aliphatic rings. The van der Waals surface area contributed by atoms with E-state index < -0.39 is 23.2 Å². The third kappa shape index (κ3) is 6.17. The zero-order chi connectivity index (χ0) is 33.0. The number of hydrogen-bond acceptors (Lipinski definition) is 6. The van der Waals surface area contributed by atoms with E-state index in [9.17, 15) is 9.59 Å². The topological polar surface area (TPSA) is 100 Å². The Morgan fingerprint density at radius 3 is 1.96 bits per heavy atom. The van der Waals surface area contributed by atoms with E-state index in [0.717, 1.165) is 39.2 Å². The Kier molecular flexibility index (Phi) is 8.98. The molecule has 0 spiro atoms. The number of nitrogens with zero attached hydrogens (tertiary/aromatic N) is 4. The van der Waals surface area contributed by atoms with Crippen molar-refractivity contribution in [3.05, 3.63) is 131 Å². The van der Waals surface area contributed by atoms with Gasteiger partial charge in [0, 0.05) is 29.9 Å². The van der Waals surface area contributed by atoms with E-state index in [1.54, 1.807) is 6.92 Å². The first-order valence-corrected chi connectivity index (χ1v) is 16.2. The van der Waals surface area contributed by atoms with Crippen molar-refractivity contribution in [3.63, 3.8) is 0 Å². The highest BCUT2D eigenvalue weighted by Gasteiger charge is 2.43. The van der Waals surface area contributed by atoms with Gasteiger partial charge in [0.2, 0.25) is 0 Å². The molecule has 0 atom stereocenters. The molecule has 0 bridgehead atoms. The number of aromatic nitrogens is 4. The molecule has 2 aromatic heterocycles. The van der Waals surface area contributed by atoms with E-state index in [-0.39, 0.29) is 6.61 Å². The average Bonchev–Trinajstić information content (AvgIpc) is 3.67. The van der Waals surface area contributed by atoms with Crippen LogP contribution in [0.5, 0.6) is 0 Å². The van der Waals surface area contributed by atoms with Crippen molar-refractivity contribution < 1.29 is 19.1 Å². The molecule has 0 saturated carbocycles. The monoisotopic (exact) mass is 631 g/mol. The number of carbonyl (C=O) groups is 2. The van der Waals surface area contributed by atoms with Crippen LogP contribution in [0, 0.1) is 0 Å². The van der Waals surface area contributed by atoms with Crippen LogP contribution in [0.1, 0.15) is 72.6 Å². The van der Waals surface area contributed by atoms with Gasteiger partial charge in [-0.15, -0.1) is 0 Å². The highest BCUT2D eigenvalue weighted by molar-refractivity contribution is 5.92. The summed E-state index contributed by atoms with van der Waals surface area (Å²) in [7, 11) is 0. The van der Waals surface area contributed by atoms with Gasteiger partial charge in [-0.2, -0.15) is 10.2 Å². The molecule has 2 heterocycles. The second-order valence-corrected chi connectivity index (χ2v) is 12.6. The molecule has 1 amide bonds. The number of ether oxygens (including phenoxy) is 2. The number of nitrogens with one attached hydrogen (secondary N) is 1. The summed E-state index contributed by atoms with van der Waals surface area (Å²) in [5.41, 5.74) is 5.96. The van der Waals surface area contributed by atoms with Crippen LogP contribution in [0.25, 0.3) is 11.3 Å². The Bertz CT molecular complexity index is 1740. The van der Waals surface area contributed by atoms with Gasteiger partial charge in [-0.05, 0) is 63.6 Å². The van der Waals surface area contributed by atoms with Crippen molar-refractivity contribution in [1.29, 1.82) is 0 Å². The minimum Gasteiger partial charge on any atom is -0.461 e. The molecule has 0 aliphatic heterocycles. The van der Waals surface area contributed by atoms with Crippen LogP contribution in [0.3, 0.4) is 0 Å². The Labute approximate surface area is 275 Å². The van der Waals surface area contributed by atoms with Gasteiger partial charge in [0.1, 0.15) is 11.1 Å². The fourth-order valence-corrected chi connectivity index (χ4v) is 6.55.